The smallest absolute Gasteiger partial charge is 0.255 e. The van der Waals surface area contributed by atoms with E-state index < -0.39 is 0 Å². The molecule has 9 heteroatoms. The minimum atomic E-state index is -0.215. The first kappa shape index (κ1) is 22.2. The van der Waals surface area contributed by atoms with Crippen molar-refractivity contribution in [2.45, 2.75) is 18.6 Å². The third-order valence-electron chi connectivity index (χ3n) is 4.78. The van der Waals surface area contributed by atoms with E-state index in [2.05, 4.69) is 25.8 Å². The number of anilines is 1. The zero-order valence-corrected chi connectivity index (χ0v) is 18.7. The Hall–Kier alpha value is -3.98. The second-order valence-corrected chi connectivity index (χ2v) is 8.22. The number of nitrogens with one attached hydrogen (secondary N) is 2. The van der Waals surface area contributed by atoms with E-state index >= 15 is 0 Å². The molecule has 8 nitrogen and oxygen atoms in total. The van der Waals surface area contributed by atoms with Crippen LogP contribution in [0.3, 0.4) is 0 Å². The summed E-state index contributed by atoms with van der Waals surface area (Å²) in [5.74, 6) is -0.124. The molecule has 0 aliphatic heterocycles. The summed E-state index contributed by atoms with van der Waals surface area (Å²) in [5, 5.41) is 14.5. The van der Waals surface area contributed by atoms with E-state index in [0.29, 0.717) is 23.0 Å². The van der Waals surface area contributed by atoms with Crippen LogP contribution >= 0.6 is 11.8 Å². The van der Waals surface area contributed by atoms with Gasteiger partial charge in [-0.25, -0.2) is 0 Å². The van der Waals surface area contributed by atoms with Crippen molar-refractivity contribution in [3.05, 3.63) is 96.1 Å². The van der Waals surface area contributed by atoms with Crippen LogP contribution in [0.4, 0.5) is 5.69 Å². The van der Waals surface area contributed by atoms with Gasteiger partial charge in [-0.15, -0.1) is 10.2 Å². The van der Waals surface area contributed by atoms with Crippen LogP contribution in [0.1, 0.15) is 21.5 Å². The molecule has 0 aliphatic rings. The van der Waals surface area contributed by atoms with Crippen molar-refractivity contribution in [1.29, 1.82) is 0 Å². The largest absolute Gasteiger partial charge is 0.351 e. The summed E-state index contributed by atoms with van der Waals surface area (Å²) in [6, 6.07) is 18.7. The van der Waals surface area contributed by atoms with E-state index in [1.807, 2.05) is 54.0 Å². The number of hydrogen-bond donors (Lipinski definition) is 2. The Kier molecular flexibility index (Phi) is 7.11. The van der Waals surface area contributed by atoms with E-state index in [-0.39, 0.29) is 17.6 Å². The lowest BCUT2D eigenvalue weighted by atomic mass is 10.2. The number of thioether (sulfide) groups is 1. The quantitative estimate of drug-likeness (QED) is 0.391. The first-order valence-electron chi connectivity index (χ1n) is 10.3. The number of hydrogen-bond acceptors (Lipinski definition) is 6. The molecule has 4 aromatic rings. The van der Waals surface area contributed by atoms with Crippen LogP contribution in [0.5, 0.6) is 0 Å². The molecule has 0 spiro atoms. The Morgan fingerprint density at radius 3 is 2.61 bits per heavy atom. The SMILES string of the molecule is Cc1ccc(-n2cnnc2SCC(=O)NCc2cccc(NC(=O)c3ccncc3)c2)cc1. The number of carbonyl (C=O) groups excluding carboxylic acids is 2. The number of rotatable bonds is 8. The molecule has 2 amide bonds. The van der Waals surface area contributed by atoms with Crippen LogP contribution in [0, 0.1) is 6.92 Å². The van der Waals surface area contributed by atoms with E-state index in [9.17, 15) is 9.59 Å². The summed E-state index contributed by atoms with van der Waals surface area (Å²) in [6.07, 6.45) is 4.78. The summed E-state index contributed by atoms with van der Waals surface area (Å²) in [7, 11) is 0. The fourth-order valence-corrected chi connectivity index (χ4v) is 3.81. The number of aryl methyl sites for hydroxylation is 1. The zero-order valence-electron chi connectivity index (χ0n) is 17.9. The van der Waals surface area contributed by atoms with Crippen molar-refractivity contribution in [3.8, 4) is 5.69 Å². The summed E-state index contributed by atoms with van der Waals surface area (Å²) in [4.78, 5) is 28.6. The van der Waals surface area contributed by atoms with Crippen LogP contribution < -0.4 is 10.6 Å². The summed E-state index contributed by atoms with van der Waals surface area (Å²) in [6.45, 7) is 2.38. The van der Waals surface area contributed by atoms with Crippen molar-refractivity contribution in [2.24, 2.45) is 0 Å². The first-order valence-corrected chi connectivity index (χ1v) is 11.2. The number of pyridine rings is 1. The van der Waals surface area contributed by atoms with Crippen molar-refractivity contribution in [1.82, 2.24) is 25.1 Å². The maximum absolute atomic E-state index is 12.4. The molecule has 4 rings (SSSR count). The molecule has 0 saturated heterocycles. The van der Waals surface area contributed by atoms with Gasteiger partial charge in [0.15, 0.2) is 5.16 Å². The molecule has 0 unspecified atom stereocenters. The third kappa shape index (κ3) is 6.05. The summed E-state index contributed by atoms with van der Waals surface area (Å²) < 4.78 is 1.85. The van der Waals surface area contributed by atoms with Gasteiger partial charge in [-0.1, -0.05) is 41.6 Å². The minimum absolute atomic E-state index is 0.121. The predicted octanol–water partition coefficient (Wildman–Crippen LogP) is 3.63. The highest BCUT2D eigenvalue weighted by molar-refractivity contribution is 7.99. The standard InChI is InChI=1S/C24H22N6O2S/c1-17-5-7-21(8-6-17)30-16-27-29-24(30)33-15-22(31)26-14-18-3-2-4-20(13-18)28-23(32)19-9-11-25-12-10-19/h2-13,16H,14-15H2,1H3,(H,26,31)(H,28,32). The lowest BCUT2D eigenvalue weighted by Gasteiger charge is -2.09. The second kappa shape index (κ2) is 10.6. The summed E-state index contributed by atoms with van der Waals surface area (Å²) in [5.41, 5.74) is 4.17. The van der Waals surface area contributed by atoms with Crippen molar-refractivity contribution in [2.75, 3.05) is 11.1 Å². The molecular formula is C24H22N6O2S. The van der Waals surface area contributed by atoms with Gasteiger partial charge < -0.3 is 10.6 Å². The second-order valence-electron chi connectivity index (χ2n) is 7.27. The lowest BCUT2D eigenvalue weighted by Crippen LogP contribution is -2.24. The van der Waals surface area contributed by atoms with Crippen LogP contribution in [0.25, 0.3) is 5.69 Å². The zero-order chi connectivity index (χ0) is 23.0. The lowest BCUT2D eigenvalue weighted by molar-refractivity contribution is -0.118. The van der Waals surface area contributed by atoms with Gasteiger partial charge in [0.25, 0.3) is 5.91 Å². The predicted molar refractivity (Wildman–Crippen MR) is 127 cm³/mol. The molecule has 33 heavy (non-hydrogen) atoms. The fourth-order valence-electron chi connectivity index (χ4n) is 3.05. The van der Waals surface area contributed by atoms with E-state index in [1.165, 1.54) is 17.3 Å². The Labute approximate surface area is 195 Å². The molecule has 2 aromatic carbocycles. The van der Waals surface area contributed by atoms with Gasteiger partial charge in [0.05, 0.1) is 5.75 Å². The van der Waals surface area contributed by atoms with Gasteiger partial charge in [0.1, 0.15) is 6.33 Å². The van der Waals surface area contributed by atoms with Gasteiger partial charge in [-0.05, 0) is 48.9 Å². The molecule has 0 fully saturated rings. The van der Waals surface area contributed by atoms with Gasteiger partial charge in [-0.2, -0.15) is 0 Å². The average molecular weight is 459 g/mol. The number of carbonyl (C=O) groups is 2. The Balaban J connectivity index is 1.29. The van der Waals surface area contributed by atoms with Crippen molar-refractivity contribution in [3.63, 3.8) is 0 Å². The molecule has 0 saturated carbocycles. The molecular weight excluding hydrogens is 436 g/mol. The molecule has 2 heterocycles. The van der Waals surface area contributed by atoms with Gasteiger partial charge in [-0.3, -0.25) is 19.1 Å². The molecule has 2 aromatic heterocycles. The Morgan fingerprint density at radius 2 is 1.82 bits per heavy atom. The van der Waals surface area contributed by atoms with Crippen LogP contribution in [0.15, 0.2) is 84.5 Å². The van der Waals surface area contributed by atoms with E-state index in [0.717, 1.165) is 11.3 Å². The van der Waals surface area contributed by atoms with E-state index in [1.54, 1.807) is 36.9 Å². The summed E-state index contributed by atoms with van der Waals surface area (Å²) >= 11 is 1.32. The molecule has 0 aliphatic carbocycles. The number of benzene rings is 2. The monoisotopic (exact) mass is 458 g/mol. The van der Waals surface area contributed by atoms with Gasteiger partial charge in [0, 0.05) is 35.9 Å². The average Bonchev–Trinajstić information content (AvgIpc) is 3.31. The fraction of sp³-hybridized carbons (Fsp3) is 0.125. The third-order valence-corrected chi connectivity index (χ3v) is 5.72. The molecule has 2 N–H and O–H groups in total. The van der Waals surface area contributed by atoms with Crippen molar-refractivity contribution < 1.29 is 9.59 Å². The highest BCUT2D eigenvalue weighted by atomic mass is 32.2. The highest BCUT2D eigenvalue weighted by Gasteiger charge is 2.11. The van der Waals surface area contributed by atoms with Gasteiger partial charge in [0.2, 0.25) is 5.91 Å². The first-order chi connectivity index (χ1) is 16.1. The van der Waals surface area contributed by atoms with Crippen LogP contribution in [0.2, 0.25) is 0 Å². The normalized spacial score (nSPS) is 10.6. The van der Waals surface area contributed by atoms with Crippen molar-refractivity contribution >= 4 is 29.3 Å². The van der Waals surface area contributed by atoms with Crippen LogP contribution in [-0.2, 0) is 11.3 Å². The number of amides is 2. The minimum Gasteiger partial charge on any atom is -0.351 e. The number of nitrogens with zero attached hydrogens (tertiary/aromatic N) is 4. The highest BCUT2D eigenvalue weighted by Crippen LogP contribution is 2.20. The topological polar surface area (TPSA) is 102 Å². The van der Waals surface area contributed by atoms with Crippen LogP contribution in [-0.4, -0.2) is 37.3 Å². The maximum Gasteiger partial charge on any atom is 0.255 e. The Morgan fingerprint density at radius 1 is 1.03 bits per heavy atom. The maximum atomic E-state index is 12.4. The van der Waals surface area contributed by atoms with E-state index in [4.69, 9.17) is 0 Å². The molecule has 0 atom stereocenters. The molecule has 166 valence electrons. The molecule has 0 radical (unpaired) electrons. The molecule has 0 bridgehead atoms. The Bertz CT molecular complexity index is 1240. The number of aromatic nitrogens is 4. The van der Waals surface area contributed by atoms with Gasteiger partial charge >= 0.3 is 0 Å².